The molecule has 0 saturated heterocycles. The van der Waals surface area contributed by atoms with E-state index >= 15 is 0 Å². The molecule has 0 saturated carbocycles. The highest BCUT2D eigenvalue weighted by Crippen LogP contribution is 2.36. The third-order valence-electron chi connectivity index (χ3n) is 3.46. The summed E-state index contributed by atoms with van der Waals surface area (Å²) in [6, 6.07) is 0. The van der Waals surface area contributed by atoms with Crippen molar-refractivity contribution in [1.82, 2.24) is 0 Å². The normalized spacial score (nSPS) is 19.4. The second-order valence-electron chi connectivity index (χ2n) is 6.21. The van der Waals surface area contributed by atoms with Gasteiger partial charge >= 0.3 is 0 Å². The summed E-state index contributed by atoms with van der Waals surface area (Å²) in [5.41, 5.74) is 2.45. The van der Waals surface area contributed by atoms with Crippen LogP contribution in [0.2, 0.25) is 0 Å². The number of ether oxygens (including phenoxy) is 1. The van der Waals surface area contributed by atoms with E-state index in [-0.39, 0.29) is 18.1 Å². The van der Waals surface area contributed by atoms with Crippen molar-refractivity contribution in [3.05, 3.63) is 11.1 Å². The first-order valence-electron chi connectivity index (χ1n) is 7.29. The molecule has 1 atom stereocenters. The number of carbonyl (C=O) groups excluding carboxylic acids is 1. The summed E-state index contributed by atoms with van der Waals surface area (Å²) in [4.78, 5) is 11.4. The third kappa shape index (κ3) is 7.78. The molecule has 1 unspecified atom stereocenters. The van der Waals surface area contributed by atoms with Crippen molar-refractivity contribution in [3.63, 3.8) is 0 Å². The van der Waals surface area contributed by atoms with Crippen LogP contribution in [0.5, 0.6) is 0 Å². The third-order valence-corrected chi connectivity index (χ3v) is 3.46. The number of aliphatic hydroxyl groups is 2. The van der Waals surface area contributed by atoms with Crippen LogP contribution in [0.3, 0.4) is 0 Å². The molecule has 0 fully saturated rings. The standard InChI is InChI=1S/C10H16O.C6H14O3/c1-7-5-10(3,4)6-9(11)8(7)2;1-2-6(8)5-9-4-3-7/h5-6H2,1-4H3;6-8H,2-5H2,1H3. The first-order valence-corrected chi connectivity index (χ1v) is 7.29. The average molecular weight is 286 g/mol. The molecule has 4 nitrogen and oxygen atoms in total. The first kappa shape index (κ1) is 19.3. The maximum Gasteiger partial charge on any atom is 0.159 e. The number of Topliss-reactive ketones (excluding diaryl/α,β-unsaturated/α-hetero) is 1. The second kappa shape index (κ2) is 9.27. The maximum atomic E-state index is 11.4. The lowest BCUT2D eigenvalue weighted by molar-refractivity contribution is -0.118. The van der Waals surface area contributed by atoms with Crippen molar-refractivity contribution in [2.24, 2.45) is 5.41 Å². The second-order valence-corrected chi connectivity index (χ2v) is 6.21. The highest BCUT2D eigenvalue weighted by atomic mass is 16.5. The Kier molecular flexibility index (Phi) is 8.94. The molecule has 0 heterocycles. The number of ketones is 1. The Hall–Kier alpha value is -0.710. The van der Waals surface area contributed by atoms with Crippen LogP contribution in [0, 0.1) is 5.41 Å². The Bertz CT molecular complexity index is 331. The molecule has 0 spiro atoms. The van der Waals surface area contributed by atoms with Crippen LogP contribution < -0.4 is 0 Å². The molecule has 0 aromatic rings. The van der Waals surface area contributed by atoms with Gasteiger partial charge in [-0.2, -0.15) is 0 Å². The van der Waals surface area contributed by atoms with E-state index in [4.69, 9.17) is 14.9 Å². The highest BCUT2D eigenvalue weighted by Gasteiger charge is 2.28. The van der Waals surface area contributed by atoms with Gasteiger partial charge in [0.2, 0.25) is 0 Å². The minimum absolute atomic E-state index is 0.0242. The van der Waals surface area contributed by atoms with Gasteiger partial charge in [-0.1, -0.05) is 26.3 Å². The monoisotopic (exact) mass is 286 g/mol. The topological polar surface area (TPSA) is 66.8 Å². The lowest BCUT2D eigenvalue weighted by atomic mass is 9.74. The van der Waals surface area contributed by atoms with Crippen LogP contribution in [0.4, 0.5) is 0 Å². The molecule has 2 N–H and O–H groups in total. The summed E-state index contributed by atoms with van der Waals surface area (Å²) < 4.78 is 4.84. The van der Waals surface area contributed by atoms with Crippen LogP contribution in [0.15, 0.2) is 11.1 Å². The molecule has 0 amide bonds. The van der Waals surface area contributed by atoms with Gasteiger partial charge in [-0.15, -0.1) is 0 Å². The van der Waals surface area contributed by atoms with Gasteiger partial charge in [0.25, 0.3) is 0 Å². The van der Waals surface area contributed by atoms with E-state index in [9.17, 15) is 4.79 Å². The number of allylic oxidation sites excluding steroid dienone is 2. The minimum atomic E-state index is -0.378. The quantitative estimate of drug-likeness (QED) is 0.762. The molecule has 1 aliphatic rings. The Morgan fingerprint density at radius 1 is 1.30 bits per heavy atom. The largest absolute Gasteiger partial charge is 0.394 e. The number of rotatable bonds is 5. The predicted octanol–water partition coefficient (Wildman–Crippen LogP) is 2.48. The van der Waals surface area contributed by atoms with Crippen molar-refractivity contribution in [2.75, 3.05) is 19.8 Å². The smallest absolute Gasteiger partial charge is 0.159 e. The van der Waals surface area contributed by atoms with Gasteiger partial charge in [0, 0.05) is 6.42 Å². The van der Waals surface area contributed by atoms with Gasteiger partial charge in [-0.25, -0.2) is 0 Å². The first-order chi connectivity index (χ1) is 9.23. The van der Waals surface area contributed by atoms with E-state index in [1.165, 1.54) is 5.57 Å². The summed E-state index contributed by atoms with van der Waals surface area (Å²) >= 11 is 0. The molecule has 118 valence electrons. The number of carbonyl (C=O) groups is 1. The Labute approximate surface area is 122 Å². The molecule has 0 radical (unpaired) electrons. The fourth-order valence-electron chi connectivity index (χ4n) is 2.12. The summed E-state index contributed by atoms with van der Waals surface area (Å²) in [5, 5.41) is 17.1. The van der Waals surface area contributed by atoms with Gasteiger partial charge < -0.3 is 14.9 Å². The van der Waals surface area contributed by atoms with Crippen LogP contribution in [0.1, 0.15) is 53.9 Å². The van der Waals surface area contributed by atoms with Gasteiger partial charge in [0.1, 0.15) is 0 Å². The zero-order chi connectivity index (χ0) is 15.8. The fraction of sp³-hybridized carbons (Fsp3) is 0.812. The van der Waals surface area contributed by atoms with Gasteiger partial charge in [-0.05, 0) is 37.7 Å². The van der Waals surface area contributed by atoms with E-state index in [0.717, 1.165) is 18.4 Å². The van der Waals surface area contributed by atoms with Crippen molar-refractivity contribution in [3.8, 4) is 0 Å². The van der Waals surface area contributed by atoms with E-state index in [1.807, 2.05) is 13.8 Å². The Morgan fingerprint density at radius 3 is 2.35 bits per heavy atom. The molecule has 0 aromatic carbocycles. The molecule has 20 heavy (non-hydrogen) atoms. The molecular weight excluding hydrogens is 256 g/mol. The Balaban J connectivity index is 0.000000370. The van der Waals surface area contributed by atoms with E-state index < -0.39 is 0 Å². The van der Waals surface area contributed by atoms with E-state index in [2.05, 4.69) is 20.8 Å². The predicted molar refractivity (Wildman–Crippen MR) is 80.6 cm³/mol. The zero-order valence-electron chi connectivity index (χ0n) is 13.5. The number of aliphatic hydroxyl groups excluding tert-OH is 2. The molecular formula is C16H30O4. The van der Waals surface area contributed by atoms with Crippen molar-refractivity contribution < 1.29 is 19.7 Å². The highest BCUT2D eigenvalue weighted by molar-refractivity contribution is 5.96. The van der Waals surface area contributed by atoms with Crippen LogP contribution >= 0.6 is 0 Å². The van der Waals surface area contributed by atoms with E-state index in [1.54, 1.807) is 0 Å². The Morgan fingerprint density at radius 2 is 1.90 bits per heavy atom. The summed E-state index contributed by atoms with van der Waals surface area (Å²) in [6.07, 6.45) is 2.11. The van der Waals surface area contributed by atoms with Gasteiger partial charge in [0.15, 0.2) is 5.78 Å². The lowest BCUT2D eigenvalue weighted by Crippen LogP contribution is -2.23. The summed E-state index contributed by atoms with van der Waals surface area (Å²) in [5.74, 6) is 0.332. The van der Waals surface area contributed by atoms with Crippen LogP contribution in [-0.2, 0) is 9.53 Å². The fourth-order valence-corrected chi connectivity index (χ4v) is 2.12. The molecule has 0 aromatic heterocycles. The zero-order valence-corrected chi connectivity index (χ0v) is 13.5. The summed E-state index contributed by atoms with van der Waals surface area (Å²) in [6.45, 7) is 10.9. The van der Waals surface area contributed by atoms with Gasteiger partial charge in [-0.3, -0.25) is 4.79 Å². The van der Waals surface area contributed by atoms with Crippen LogP contribution in [-0.4, -0.2) is 41.9 Å². The minimum Gasteiger partial charge on any atom is -0.394 e. The van der Waals surface area contributed by atoms with Crippen molar-refractivity contribution in [2.45, 2.75) is 60.0 Å². The molecule has 0 aliphatic heterocycles. The van der Waals surface area contributed by atoms with Crippen molar-refractivity contribution >= 4 is 5.78 Å². The van der Waals surface area contributed by atoms with Gasteiger partial charge in [0.05, 0.1) is 25.9 Å². The SMILES string of the molecule is CC1=C(C)C(=O)CC(C)(C)C1.CCC(O)COCCO. The molecule has 0 bridgehead atoms. The van der Waals surface area contributed by atoms with Crippen molar-refractivity contribution in [1.29, 1.82) is 0 Å². The molecule has 1 rings (SSSR count). The average Bonchev–Trinajstić information content (AvgIpc) is 2.36. The van der Waals surface area contributed by atoms with E-state index in [0.29, 0.717) is 25.4 Å². The van der Waals surface area contributed by atoms with Crippen LogP contribution in [0.25, 0.3) is 0 Å². The lowest BCUT2D eigenvalue weighted by Gasteiger charge is -2.29. The number of hydrogen-bond acceptors (Lipinski definition) is 4. The molecule has 4 heteroatoms. The number of hydrogen-bond donors (Lipinski definition) is 2. The maximum absolute atomic E-state index is 11.4. The molecule has 1 aliphatic carbocycles. The summed E-state index contributed by atoms with van der Waals surface area (Å²) in [7, 11) is 0.